The first-order chi connectivity index (χ1) is 6.63. The lowest BCUT2D eigenvalue weighted by molar-refractivity contribution is -0.144. The highest BCUT2D eigenvalue weighted by molar-refractivity contribution is 5.71. The number of esters is 1. The number of nitrogens with zero attached hydrogens (tertiary/aromatic N) is 2. The number of carbonyl (C=O) groups excluding carboxylic acids is 1. The molecule has 0 aromatic heterocycles. The van der Waals surface area contributed by atoms with Gasteiger partial charge in [0.1, 0.15) is 0 Å². The summed E-state index contributed by atoms with van der Waals surface area (Å²) in [5, 5.41) is 8.62. The molecular formula is C10H18N2O2. The van der Waals surface area contributed by atoms with Crippen molar-refractivity contribution in [1.29, 1.82) is 5.26 Å². The standard InChI is InChI=1S/C10H18N2O2/c1-4-12(7-9(3)6-11)8-10(13)14-5-2/h9H,4-5,7-8H2,1-3H3. The van der Waals surface area contributed by atoms with E-state index in [1.807, 2.05) is 18.7 Å². The molecule has 0 aliphatic rings. The Morgan fingerprint density at radius 1 is 1.57 bits per heavy atom. The van der Waals surface area contributed by atoms with E-state index in [4.69, 9.17) is 10.00 Å². The van der Waals surface area contributed by atoms with Crippen LogP contribution in [0.1, 0.15) is 20.8 Å². The summed E-state index contributed by atoms with van der Waals surface area (Å²) in [6, 6.07) is 2.14. The Bertz CT molecular complexity index is 211. The van der Waals surface area contributed by atoms with E-state index < -0.39 is 0 Å². The minimum atomic E-state index is -0.223. The quantitative estimate of drug-likeness (QED) is 0.598. The highest BCUT2D eigenvalue weighted by atomic mass is 16.5. The van der Waals surface area contributed by atoms with Crippen molar-refractivity contribution in [3.05, 3.63) is 0 Å². The smallest absolute Gasteiger partial charge is 0.320 e. The largest absolute Gasteiger partial charge is 0.465 e. The molecule has 0 N–H and O–H groups in total. The Labute approximate surface area is 85.5 Å². The van der Waals surface area contributed by atoms with Crippen LogP contribution in [-0.2, 0) is 9.53 Å². The summed E-state index contributed by atoms with van der Waals surface area (Å²) in [7, 11) is 0. The number of hydrogen-bond donors (Lipinski definition) is 0. The zero-order valence-electron chi connectivity index (χ0n) is 9.12. The summed E-state index contributed by atoms with van der Waals surface area (Å²) in [4.78, 5) is 13.0. The van der Waals surface area contributed by atoms with Gasteiger partial charge < -0.3 is 4.74 Å². The van der Waals surface area contributed by atoms with Gasteiger partial charge in [0.15, 0.2) is 0 Å². The fourth-order valence-electron chi connectivity index (χ4n) is 1.12. The molecule has 0 aliphatic heterocycles. The van der Waals surface area contributed by atoms with E-state index in [-0.39, 0.29) is 18.4 Å². The van der Waals surface area contributed by atoms with E-state index in [9.17, 15) is 4.79 Å². The van der Waals surface area contributed by atoms with Gasteiger partial charge in [-0.2, -0.15) is 5.26 Å². The molecule has 1 atom stereocenters. The van der Waals surface area contributed by atoms with Crippen LogP contribution >= 0.6 is 0 Å². The summed E-state index contributed by atoms with van der Waals surface area (Å²) in [5.74, 6) is -0.274. The second-order valence-electron chi connectivity index (χ2n) is 3.16. The second kappa shape index (κ2) is 7.34. The SMILES string of the molecule is CCOC(=O)CN(CC)CC(C)C#N. The van der Waals surface area contributed by atoms with Gasteiger partial charge in [-0.25, -0.2) is 0 Å². The normalized spacial score (nSPS) is 12.2. The van der Waals surface area contributed by atoms with Gasteiger partial charge >= 0.3 is 5.97 Å². The third-order valence-electron chi connectivity index (χ3n) is 1.86. The molecule has 0 fully saturated rings. The number of rotatable bonds is 6. The first-order valence-electron chi connectivity index (χ1n) is 4.91. The number of ether oxygens (including phenoxy) is 1. The van der Waals surface area contributed by atoms with E-state index in [2.05, 4.69) is 6.07 Å². The molecule has 4 heteroatoms. The van der Waals surface area contributed by atoms with Crippen LogP contribution in [0.2, 0.25) is 0 Å². The summed E-state index contributed by atoms with van der Waals surface area (Å²) >= 11 is 0. The zero-order chi connectivity index (χ0) is 11.0. The lowest BCUT2D eigenvalue weighted by Gasteiger charge is -2.19. The fourth-order valence-corrected chi connectivity index (χ4v) is 1.12. The van der Waals surface area contributed by atoms with Crippen molar-refractivity contribution in [2.24, 2.45) is 5.92 Å². The van der Waals surface area contributed by atoms with Crippen molar-refractivity contribution in [2.45, 2.75) is 20.8 Å². The van der Waals surface area contributed by atoms with E-state index in [0.29, 0.717) is 13.2 Å². The topological polar surface area (TPSA) is 53.3 Å². The summed E-state index contributed by atoms with van der Waals surface area (Å²) in [5.41, 5.74) is 0. The Kier molecular flexibility index (Phi) is 6.77. The molecule has 0 saturated carbocycles. The van der Waals surface area contributed by atoms with Crippen molar-refractivity contribution in [3.8, 4) is 6.07 Å². The molecule has 4 nitrogen and oxygen atoms in total. The van der Waals surface area contributed by atoms with Crippen molar-refractivity contribution in [3.63, 3.8) is 0 Å². The van der Waals surface area contributed by atoms with Crippen LogP contribution in [0, 0.1) is 17.2 Å². The van der Waals surface area contributed by atoms with Crippen LogP contribution in [0.25, 0.3) is 0 Å². The van der Waals surface area contributed by atoms with Gasteiger partial charge in [0, 0.05) is 6.54 Å². The molecule has 0 aromatic rings. The summed E-state index contributed by atoms with van der Waals surface area (Å²) < 4.78 is 4.83. The van der Waals surface area contributed by atoms with Gasteiger partial charge in [0.2, 0.25) is 0 Å². The molecule has 0 rings (SSSR count). The number of hydrogen-bond acceptors (Lipinski definition) is 4. The van der Waals surface area contributed by atoms with Crippen molar-refractivity contribution in [2.75, 3.05) is 26.2 Å². The minimum Gasteiger partial charge on any atom is -0.465 e. The fraction of sp³-hybridized carbons (Fsp3) is 0.800. The van der Waals surface area contributed by atoms with Gasteiger partial charge in [-0.3, -0.25) is 9.69 Å². The number of carbonyl (C=O) groups is 1. The van der Waals surface area contributed by atoms with E-state index in [1.54, 1.807) is 6.92 Å². The van der Waals surface area contributed by atoms with Gasteiger partial charge in [-0.05, 0) is 20.4 Å². The zero-order valence-corrected chi connectivity index (χ0v) is 9.12. The van der Waals surface area contributed by atoms with Crippen molar-refractivity contribution in [1.82, 2.24) is 4.90 Å². The van der Waals surface area contributed by atoms with Crippen LogP contribution in [0.4, 0.5) is 0 Å². The third kappa shape index (κ3) is 5.55. The molecule has 0 spiro atoms. The van der Waals surface area contributed by atoms with Crippen LogP contribution < -0.4 is 0 Å². The lowest BCUT2D eigenvalue weighted by atomic mass is 10.2. The first-order valence-corrected chi connectivity index (χ1v) is 4.91. The molecule has 80 valence electrons. The maximum atomic E-state index is 11.1. The van der Waals surface area contributed by atoms with Gasteiger partial charge in [-0.15, -0.1) is 0 Å². The van der Waals surface area contributed by atoms with Crippen LogP contribution in [-0.4, -0.2) is 37.1 Å². The molecule has 0 radical (unpaired) electrons. The van der Waals surface area contributed by atoms with Crippen molar-refractivity contribution < 1.29 is 9.53 Å². The van der Waals surface area contributed by atoms with E-state index in [0.717, 1.165) is 6.54 Å². The predicted molar refractivity (Wildman–Crippen MR) is 53.5 cm³/mol. The third-order valence-corrected chi connectivity index (χ3v) is 1.86. The first kappa shape index (κ1) is 12.9. The highest BCUT2D eigenvalue weighted by Gasteiger charge is 2.12. The maximum absolute atomic E-state index is 11.1. The minimum absolute atomic E-state index is 0.0515. The average molecular weight is 198 g/mol. The molecule has 0 aliphatic carbocycles. The van der Waals surface area contributed by atoms with Crippen LogP contribution in [0.3, 0.4) is 0 Å². The van der Waals surface area contributed by atoms with E-state index >= 15 is 0 Å². The average Bonchev–Trinajstić information content (AvgIpc) is 2.16. The van der Waals surface area contributed by atoms with E-state index in [1.165, 1.54) is 0 Å². The highest BCUT2D eigenvalue weighted by Crippen LogP contribution is 1.98. The molecule has 0 aromatic carbocycles. The summed E-state index contributed by atoms with van der Waals surface area (Å²) in [6.45, 7) is 7.64. The Balaban J connectivity index is 3.91. The molecule has 0 amide bonds. The summed E-state index contributed by atoms with van der Waals surface area (Å²) in [6.07, 6.45) is 0. The van der Waals surface area contributed by atoms with Gasteiger partial charge in [-0.1, -0.05) is 6.92 Å². The van der Waals surface area contributed by atoms with Gasteiger partial charge in [0.25, 0.3) is 0 Å². The van der Waals surface area contributed by atoms with Gasteiger partial charge in [0.05, 0.1) is 25.1 Å². The maximum Gasteiger partial charge on any atom is 0.320 e. The Morgan fingerprint density at radius 3 is 2.64 bits per heavy atom. The number of likely N-dealkylation sites (N-methyl/N-ethyl adjacent to an activating group) is 1. The molecule has 0 saturated heterocycles. The van der Waals surface area contributed by atoms with Crippen molar-refractivity contribution >= 4 is 5.97 Å². The Morgan fingerprint density at radius 2 is 2.21 bits per heavy atom. The molecule has 14 heavy (non-hydrogen) atoms. The Hall–Kier alpha value is -1.08. The van der Waals surface area contributed by atoms with Crippen LogP contribution in [0.15, 0.2) is 0 Å². The van der Waals surface area contributed by atoms with Crippen LogP contribution in [0.5, 0.6) is 0 Å². The molecule has 0 bridgehead atoms. The number of nitriles is 1. The second-order valence-corrected chi connectivity index (χ2v) is 3.16. The predicted octanol–water partition coefficient (Wildman–Crippen LogP) is 1.03. The lowest BCUT2D eigenvalue weighted by Crippen LogP contribution is -2.34. The monoisotopic (exact) mass is 198 g/mol. The molecule has 0 heterocycles. The molecular weight excluding hydrogens is 180 g/mol. The molecule has 1 unspecified atom stereocenters.